The first-order valence-corrected chi connectivity index (χ1v) is 19.6. The summed E-state index contributed by atoms with van der Waals surface area (Å²) < 4.78 is 33.7. The molecule has 2 aromatic carbocycles. The first kappa shape index (κ1) is 34.7. The summed E-state index contributed by atoms with van der Waals surface area (Å²) in [5, 5.41) is 9.00. The van der Waals surface area contributed by atoms with E-state index < -0.39 is 21.7 Å². The van der Waals surface area contributed by atoms with E-state index in [0.717, 1.165) is 55.9 Å². The van der Waals surface area contributed by atoms with Gasteiger partial charge in [0.1, 0.15) is 15.7 Å². The third-order valence-electron chi connectivity index (χ3n) is 10.8. The fourth-order valence-electron chi connectivity index (χ4n) is 8.09. The van der Waals surface area contributed by atoms with Crippen LogP contribution in [0.5, 0.6) is 5.75 Å². The lowest BCUT2D eigenvalue weighted by Gasteiger charge is -2.46. The number of amides is 2. The van der Waals surface area contributed by atoms with E-state index in [4.69, 9.17) is 21.1 Å². The number of aromatic nitrogens is 3. The molecule has 1 spiro atoms. The fraction of sp³-hybridized carbons (Fsp3) is 0.514. The van der Waals surface area contributed by atoms with Crippen molar-refractivity contribution in [1.29, 1.82) is 0 Å². The van der Waals surface area contributed by atoms with Crippen LogP contribution < -0.4 is 14.4 Å². The average molecular weight is 721 g/mol. The molecular formula is C37H45ClN6O5S. The van der Waals surface area contributed by atoms with Gasteiger partial charge in [0.2, 0.25) is 5.91 Å². The van der Waals surface area contributed by atoms with Crippen LogP contribution in [0.25, 0.3) is 0 Å². The number of halogens is 1. The van der Waals surface area contributed by atoms with Gasteiger partial charge in [-0.15, -0.1) is 4.36 Å². The topological polar surface area (TPSA) is 128 Å². The minimum atomic E-state index is -3.43. The Balaban J connectivity index is 1.24. The molecule has 1 unspecified atom stereocenters. The van der Waals surface area contributed by atoms with Crippen molar-refractivity contribution in [2.24, 2.45) is 23.2 Å². The predicted octanol–water partition coefficient (Wildman–Crippen LogP) is 5.61. The number of hydrogen-bond donors (Lipinski definition) is 1. The van der Waals surface area contributed by atoms with Crippen LogP contribution in [0.4, 0.5) is 5.69 Å². The molecule has 7 rings (SSSR count). The molecule has 5 atom stereocenters. The predicted molar refractivity (Wildman–Crippen MR) is 193 cm³/mol. The Morgan fingerprint density at radius 3 is 2.86 bits per heavy atom. The highest BCUT2D eigenvalue weighted by Gasteiger charge is 2.44. The van der Waals surface area contributed by atoms with Crippen LogP contribution in [0, 0.1) is 11.8 Å². The van der Waals surface area contributed by atoms with Gasteiger partial charge in [-0.25, -0.2) is 4.21 Å². The first-order valence-electron chi connectivity index (χ1n) is 17.6. The lowest BCUT2D eigenvalue weighted by Crippen LogP contribution is -2.49. The first-order chi connectivity index (χ1) is 24.1. The Morgan fingerprint density at radius 2 is 2.08 bits per heavy atom. The number of rotatable bonds is 5. The highest BCUT2D eigenvalue weighted by atomic mass is 35.5. The molecule has 2 aliphatic heterocycles. The van der Waals surface area contributed by atoms with Gasteiger partial charge < -0.3 is 14.4 Å². The number of nitrogens with zero attached hydrogens (tertiary/aromatic N) is 5. The standard InChI is InChI=1S/C37H45ClN6O5S/c1-43-39-21-29(40-43)12-16-35(45)41-50(47)18-5-3-4-8-33(48-2)30-13-9-27(30)22-44-23-37(17-6-7-25-19-28(38)11-14-31(25)37)24-49-34-15-10-26(20-32(34)44)36(46)42-50/h4,8,10-11,14-15,19-21,27,30,33H,3,5-7,9,12-13,16-18,22-24H2,1-2H3,(H,41,42,45,46,47)/b8-4+/t27-,30+,33-,37-,50?/m0/s1. The molecule has 266 valence electrons. The smallest absolute Gasteiger partial charge is 0.286 e. The molecule has 3 heterocycles. The second-order valence-corrected chi connectivity index (χ2v) is 16.7. The van der Waals surface area contributed by atoms with Crippen molar-refractivity contribution in [2.75, 3.05) is 37.5 Å². The molecule has 1 saturated carbocycles. The maximum atomic E-state index is 14.2. The minimum Gasteiger partial charge on any atom is -0.490 e. The number of nitrogens with one attached hydrogen (secondary N) is 1. The summed E-state index contributed by atoms with van der Waals surface area (Å²) in [6.07, 6.45) is 12.3. The van der Waals surface area contributed by atoms with Crippen LogP contribution in [0.1, 0.15) is 72.1 Å². The number of hydrogen-bond acceptors (Lipinski definition) is 8. The molecule has 1 fully saturated rings. The zero-order valence-corrected chi connectivity index (χ0v) is 30.3. The number of benzene rings is 2. The van der Waals surface area contributed by atoms with E-state index in [0.29, 0.717) is 54.7 Å². The van der Waals surface area contributed by atoms with E-state index in [-0.39, 0.29) is 23.7 Å². The third-order valence-corrected chi connectivity index (χ3v) is 12.9. The number of aryl methyl sites for hydroxylation is 3. The Kier molecular flexibility index (Phi) is 10.0. The van der Waals surface area contributed by atoms with Crippen molar-refractivity contribution >= 4 is 39.0 Å². The van der Waals surface area contributed by atoms with Gasteiger partial charge in [0.25, 0.3) is 5.91 Å². The maximum Gasteiger partial charge on any atom is 0.286 e. The van der Waals surface area contributed by atoms with Crippen LogP contribution in [0.2, 0.25) is 5.02 Å². The quantitative estimate of drug-likeness (QED) is 0.338. The summed E-state index contributed by atoms with van der Waals surface area (Å²) in [6, 6.07) is 11.6. The largest absolute Gasteiger partial charge is 0.490 e. The maximum absolute atomic E-state index is 14.2. The van der Waals surface area contributed by atoms with Gasteiger partial charge >= 0.3 is 0 Å². The van der Waals surface area contributed by atoms with Crippen molar-refractivity contribution in [1.82, 2.24) is 19.7 Å². The van der Waals surface area contributed by atoms with Gasteiger partial charge in [0.15, 0.2) is 0 Å². The number of carbonyl (C=O) groups is 2. The second-order valence-electron chi connectivity index (χ2n) is 14.2. The highest BCUT2D eigenvalue weighted by Crippen LogP contribution is 2.47. The van der Waals surface area contributed by atoms with E-state index in [2.05, 4.69) is 48.5 Å². The number of ether oxygens (including phenoxy) is 2. The summed E-state index contributed by atoms with van der Waals surface area (Å²) >= 11 is 6.45. The summed E-state index contributed by atoms with van der Waals surface area (Å²) in [4.78, 5) is 30.7. The summed E-state index contributed by atoms with van der Waals surface area (Å²) in [5.41, 5.74) is 4.06. The van der Waals surface area contributed by atoms with E-state index in [1.54, 1.807) is 26.4 Å². The molecule has 11 nitrogen and oxygen atoms in total. The van der Waals surface area contributed by atoms with E-state index in [9.17, 15) is 13.8 Å². The molecule has 50 heavy (non-hydrogen) atoms. The van der Waals surface area contributed by atoms with Crippen molar-refractivity contribution in [3.05, 3.63) is 82.2 Å². The van der Waals surface area contributed by atoms with E-state index in [1.165, 1.54) is 15.9 Å². The molecule has 1 aromatic heterocycles. The SMILES string of the molecule is CO[C@H]1/C=C/CCCS(=O)(NC(=O)CCc2cnn(C)n2)=NC(=O)c2ccc3c(c2)N(C[C@@H]2CC[C@H]21)C[C@@]1(CCCc2cc(Cl)ccc21)CO3. The highest BCUT2D eigenvalue weighted by molar-refractivity contribution is 7.92. The Labute approximate surface area is 299 Å². The van der Waals surface area contributed by atoms with Gasteiger partial charge in [-0.05, 0) is 98.2 Å². The summed E-state index contributed by atoms with van der Waals surface area (Å²) in [5.74, 6) is 0.398. The summed E-state index contributed by atoms with van der Waals surface area (Å²) in [6.45, 7) is 2.01. The molecule has 2 amide bonds. The molecule has 3 aromatic rings. The van der Waals surface area contributed by atoms with Crippen molar-refractivity contribution in [2.45, 2.75) is 69.3 Å². The molecule has 1 N–H and O–H groups in total. The minimum absolute atomic E-state index is 0.0375. The molecular weight excluding hydrogens is 676 g/mol. The monoisotopic (exact) mass is 720 g/mol. The second kappa shape index (κ2) is 14.5. The number of allylic oxidation sites excluding steroid dienone is 1. The molecule has 0 radical (unpaired) electrons. The lowest BCUT2D eigenvalue weighted by molar-refractivity contribution is -0.119. The Bertz CT molecular complexity index is 1920. The van der Waals surface area contributed by atoms with Gasteiger partial charge in [0.05, 0.1) is 36.0 Å². The van der Waals surface area contributed by atoms with Crippen LogP contribution in [-0.2, 0) is 44.8 Å². The normalized spacial score (nSPS) is 28.7. The fourth-order valence-corrected chi connectivity index (χ4v) is 9.91. The van der Waals surface area contributed by atoms with Crippen LogP contribution >= 0.6 is 11.6 Å². The number of fused-ring (bicyclic) bond motifs is 4. The average Bonchev–Trinajstić information content (AvgIpc) is 3.44. The van der Waals surface area contributed by atoms with Gasteiger partial charge in [-0.2, -0.15) is 15.0 Å². The molecule has 2 bridgehead atoms. The van der Waals surface area contributed by atoms with Gasteiger partial charge in [-0.3, -0.25) is 14.3 Å². The lowest BCUT2D eigenvalue weighted by atomic mass is 9.68. The molecule has 4 aliphatic rings. The van der Waals surface area contributed by atoms with Crippen LogP contribution in [0.15, 0.2) is 59.1 Å². The van der Waals surface area contributed by atoms with E-state index in [1.807, 2.05) is 18.2 Å². The Morgan fingerprint density at radius 1 is 1.20 bits per heavy atom. The number of carbonyl (C=O) groups excluding carboxylic acids is 2. The summed E-state index contributed by atoms with van der Waals surface area (Å²) in [7, 11) is 0.0356. The third kappa shape index (κ3) is 7.34. The van der Waals surface area contributed by atoms with Crippen molar-refractivity contribution in [3.8, 4) is 5.75 Å². The van der Waals surface area contributed by atoms with Gasteiger partial charge in [-0.1, -0.05) is 29.8 Å². The van der Waals surface area contributed by atoms with Gasteiger partial charge in [0, 0.05) is 56.1 Å². The van der Waals surface area contributed by atoms with Crippen LogP contribution in [-0.4, -0.2) is 69.7 Å². The zero-order chi connectivity index (χ0) is 34.9. The van der Waals surface area contributed by atoms with E-state index >= 15 is 0 Å². The Hall–Kier alpha value is -3.74. The van der Waals surface area contributed by atoms with Crippen LogP contribution in [0.3, 0.4) is 0 Å². The zero-order valence-electron chi connectivity index (χ0n) is 28.7. The molecule has 13 heteroatoms. The van der Waals surface area contributed by atoms with Crippen molar-refractivity contribution < 1.29 is 23.3 Å². The van der Waals surface area contributed by atoms with Crippen molar-refractivity contribution in [3.63, 3.8) is 0 Å². The molecule has 2 aliphatic carbocycles. The number of anilines is 1. The molecule has 0 saturated heterocycles. The number of methoxy groups -OCH3 is 1.